The number of hydrogen-bond acceptors (Lipinski definition) is 1. The van der Waals surface area contributed by atoms with Gasteiger partial charge in [-0.3, -0.25) is 0 Å². The third kappa shape index (κ3) is 4.77. The summed E-state index contributed by atoms with van der Waals surface area (Å²) in [6.45, 7) is 2.94. The molecule has 0 radical (unpaired) electrons. The van der Waals surface area contributed by atoms with Crippen molar-refractivity contribution >= 4 is 0 Å². The second-order valence-electron chi connectivity index (χ2n) is 6.24. The number of rotatable bonds is 6. The summed E-state index contributed by atoms with van der Waals surface area (Å²) in [6.07, 6.45) is 9.55. The van der Waals surface area contributed by atoms with Crippen molar-refractivity contribution in [2.45, 2.75) is 64.3 Å². The van der Waals surface area contributed by atoms with Crippen LogP contribution in [0.25, 0.3) is 0 Å². The first-order chi connectivity index (χ1) is 10.2. The second kappa shape index (κ2) is 8.47. The summed E-state index contributed by atoms with van der Waals surface area (Å²) in [5.41, 5.74) is 0.493. The van der Waals surface area contributed by atoms with Crippen LogP contribution in [-0.2, 0) is 0 Å². The van der Waals surface area contributed by atoms with Gasteiger partial charge in [-0.15, -0.1) is 0 Å². The van der Waals surface area contributed by atoms with E-state index in [0.29, 0.717) is 11.5 Å². The number of hydrogen-bond donors (Lipinski definition) is 1. The SMILES string of the molecule is CCCNC(CC1CCCCCC1)c1cccc(F)c1F. The fourth-order valence-corrected chi connectivity index (χ4v) is 3.36. The van der Waals surface area contributed by atoms with Crippen LogP contribution in [0.15, 0.2) is 18.2 Å². The highest BCUT2D eigenvalue weighted by atomic mass is 19.2. The highest BCUT2D eigenvalue weighted by molar-refractivity contribution is 5.22. The van der Waals surface area contributed by atoms with Gasteiger partial charge in [0.15, 0.2) is 11.6 Å². The summed E-state index contributed by atoms with van der Waals surface area (Å²) in [4.78, 5) is 0. The molecule has 118 valence electrons. The van der Waals surface area contributed by atoms with Gasteiger partial charge in [0.25, 0.3) is 0 Å². The number of nitrogens with one attached hydrogen (secondary N) is 1. The molecule has 0 amide bonds. The molecule has 1 N–H and O–H groups in total. The van der Waals surface area contributed by atoms with Gasteiger partial charge in [-0.25, -0.2) is 8.78 Å². The lowest BCUT2D eigenvalue weighted by Gasteiger charge is -2.24. The fourth-order valence-electron chi connectivity index (χ4n) is 3.36. The Balaban J connectivity index is 2.11. The molecular formula is C18H27F2N. The quantitative estimate of drug-likeness (QED) is 0.696. The Morgan fingerprint density at radius 3 is 2.52 bits per heavy atom. The van der Waals surface area contributed by atoms with E-state index in [0.717, 1.165) is 19.4 Å². The zero-order valence-electron chi connectivity index (χ0n) is 13.0. The fraction of sp³-hybridized carbons (Fsp3) is 0.667. The first-order valence-electron chi connectivity index (χ1n) is 8.39. The molecular weight excluding hydrogens is 268 g/mol. The molecule has 2 rings (SSSR count). The third-order valence-corrected chi connectivity index (χ3v) is 4.54. The molecule has 0 aliphatic heterocycles. The van der Waals surface area contributed by atoms with Gasteiger partial charge in [-0.1, -0.05) is 57.6 Å². The summed E-state index contributed by atoms with van der Waals surface area (Å²) in [7, 11) is 0. The minimum Gasteiger partial charge on any atom is -0.310 e. The van der Waals surface area contributed by atoms with Crippen molar-refractivity contribution in [3.8, 4) is 0 Å². The zero-order valence-corrected chi connectivity index (χ0v) is 13.0. The van der Waals surface area contributed by atoms with Gasteiger partial charge in [-0.05, 0) is 31.4 Å². The van der Waals surface area contributed by atoms with Crippen molar-refractivity contribution in [1.82, 2.24) is 5.32 Å². The van der Waals surface area contributed by atoms with Crippen molar-refractivity contribution in [1.29, 1.82) is 0 Å². The standard InChI is InChI=1S/C18H27F2N/c1-2-12-21-17(13-14-8-5-3-4-6-9-14)15-10-7-11-16(19)18(15)20/h7,10-11,14,17,21H,2-6,8-9,12-13H2,1H3. The lowest BCUT2D eigenvalue weighted by atomic mass is 9.89. The van der Waals surface area contributed by atoms with E-state index in [9.17, 15) is 8.78 Å². The van der Waals surface area contributed by atoms with Gasteiger partial charge in [0, 0.05) is 11.6 Å². The normalized spacial score (nSPS) is 18.4. The van der Waals surface area contributed by atoms with Crippen LogP contribution in [0.3, 0.4) is 0 Å². The molecule has 0 heterocycles. The van der Waals surface area contributed by atoms with E-state index in [1.54, 1.807) is 12.1 Å². The van der Waals surface area contributed by atoms with Gasteiger partial charge in [0.1, 0.15) is 0 Å². The molecule has 21 heavy (non-hydrogen) atoms. The molecule has 1 atom stereocenters. The van der Waals surface area contributed by atoms with E-state index >= 15 is 0 Å². The van der Waals surface area contributed by atoms with Crippen LogP contribution < -0.4 is 5.32 Å². The molecule has 0 saturated heterocycles. The van der Waals surface area contributed by atoms with Crippen LogP contribution in [0.5, 0.6) is 0 Å². The highest BCUT2D eigenvalue weighted by Gasteiger charge is 2.22. The zero-order chi connectivity index (χ0) is 15.1. The third-order valence-electron chi connectivity index (χ3n) is 4.54. The number of halogens is 2. The summed E-state index contributed by atoms with van der Waals surface area (Å²) >= 11 is 0. The van der Waals surface area contributed by atoms with E-state index in [4.69, 9.17) is 0 Å². The molecule has 0 spiro atoms. The smallest absolute Gasteiger partial charge is 0.163 e. The maximum absolute atomic E-state index is 14.1. The Morgan fingerprint density at radius 2 is 1.86 bits per heavy atom. The molecule has 3 heteroatoms. The van der Waals surface area contributed by atoms with Crippen LogP contribution in [0, 0.1) is 17.6 Å². The Labute approximate surface area is 127 Å². The lowest BCUT2D eigenvalue weighted by Crippen LogP contribution is -2.25. The molecule has 1 aromatic carbocycles. The van der Waals surface area contributed by atoms with Gasteiger partial charge in [0.05, 0.1) is 0 Å². The molecule has 1 aromatic rings. The minimum atomic E-state index is -0.739. The maximum atomic E-state index is 14.1. The summed E-state index contributed by atoms with van der Waals surface area (Å²) < 4.78 is 27.6. The molecule has 1 fully saturated rings. The van der Waals surface area contributed by atoms with Crippen molar-refractivity contribution < 1.29 is 8.78 Å². The van der Waals surface area contributed by atoms with Gasteiger partial charge >= 0.3 is 0 Å². The van der Waals surface area contributed by atoms with E-state index in [2.05, 4.69) is 12.2 Å². The monoisotopic (exact) mass is 295 g/mol. The first-order valence-corrected chi connectivity index (χ1v) is 8.39. The van der Waals surface area contributed by atoms with Crippen LogP contribution in [0.4, 0.5) is 8.78 Å². The summed E-state index contributed by atoms with van der Waals surface area (Å²) in [6, 6.07) is 4.47. The Bertz CT molecular complexity index is 425. The topological polar surface area (TPSA) is 12.0 Å². The highest BCUT2D eigenvalue weighted by Crippen LogP contribution is 2.32. The van der Waals surface area contributed by atoms with Crippen LogP contribution in [0.2, 0.25) is 0 Å². The molecule has 1 nitrogen and oxygen atoms in total. The largest absolute Gasteiger partial charge is 0.310 e. The lowest BCUT2D eigenvalue weighted by molar-refractivity contribution is 0.346. The Kier molecular flexibility index (Phi) is 6.62. The summed E-state index contributed by atoms with van der Waals surface area (Å²) in [5.74, 6) is -0.791. The average Bonchev–Trinajstić information content (AvgIpc) is 2.75. The minimum absolute atomic E-state index is 0.0660. The van der Waals surface area contributed by atoms with Gasteiger partial charge in [0.2, 0.25) is 0 Å². The second-order valence-corrected chi connectivity index (χ2v) is 6.24. The average molecular weight is 295 g/mol. The molecule has 0 aromatic heterocycles. The Morgan fingerprint density at radius 1 is 1.14 bits per heavy atom. The number of benzene rings is 1. The van der Waals surface area contributed by atoms with Crippen LogP contribution >= 0.6 is 0 Å². The van der Waals surface area contributed by atoms with Crippen LogP contribution in [0.1, 0.15) is 69.9 Å². The van der Waals surface area contributed by atoms with E-state index in [1.165, 1.54) is 44.6 Å². The van der Waals surface area contributed by atoms with Gasteiger partial charge < -0.3 is 5.32 Å². The van der Waals surface area contributed by atoms with Crippen molar-refractivity contribution in [3.63, 3.8) is 0 Å². The van der Waals surface area contributed by atoms with Crippen molar-refractivity contribution in [2.75, 3.05) is 6.54 Å². The molecule has 1 aliphatic rings. The summed E-state index contributed by atoms with van der Waals surface area (Å²) in [5, 5.41) is 3.41. The molecule has 0 bridgehead atoms. The van der Waals surface area contributed by atoms with E-state index in [1.807, 2.05) is 0 Å². The van der Waals surface area contributed by atoms with E-state index in [-0.39, 0.29) is 6.04 Å². The van der Waals surface area contributed by atoms with Gasteiger partial charge in [-0.2, -0.15) is 0 Å². The molecule has 1 unspecified atom stereocenters. The molecule has 1 saturated carbocycles. The predicted molar refractivity (Wildman–Crippen MR) is 83.2 cm³/mol. The predicted octanol–water partition coefficient (Wildman–Crippen LogP) is 5.37. The first kappa shape index (κ1) is 16.4. The Hall–Kier alpha value is -0.960. The van der Waals surface area contributed by atoms with Crippen molar-refractivity contribution in [3.05, 3.63) is 35.4 Å². The molecule has 1 aliphatic carbocycles. The van der Waals surface area contributed by atoms with Crippen LogP contribution in [-0.4, -0.2) is 6.54 Å². The van der Waals surface area contributed by atoms with E-state index < -0.39 is 11.6 Å². The maximum Gasteiger partial charge on any atom is 0.163 e. The van der Waals surface area contributed by atoms with Crippen molar-refractivity contribution in [2.24, 2.45) is 5.92 Å².